The highest BCUT2D eigenvalue weighted by atomic mass is 19.1. The first-order chi connectivity index (χ1) is 8.24. The molecule has 1 heterocycles. The van der Waals surface area contributed by atoms with Crippen LogP contribution < -0.4 is 4.74 Å². The van der Waals surface area contributed by atoms with Crippen molar-refractivity contribution in [2.75, 3.05) is 7.11 Å². The van der Waals surface area contributed by atoms with Gasteiger partial charge in [-0.3, -0.25) is 4.98 Å². The van der Waals surface area contributed by atoms with Gasteiger partial charge in [-0.2, -0.15) is 5.26 Å². The molecule has 2 rings (SSSR count). The van der Waals surface area contributed by atoms with Gasteiger partial charge in [0.2, 0.25) is 0 Å². The Balaban J connectivity index is 2.56. The molecule has 0 radical (unpaired) electrons. The third-order valence-corrected chi connectivity index (χ3v) is 2.36. The third-order valence-electron chi connectivity index (χ3n) is 2.36. The lowest BCUT2D eigenvalue weighted by atomic mass is 10.0. The van der Waals surface area contributed by atoms with Crippen LogP contribution in [0.25, 0.3) is 11.1 Å². The van der Waals surface area contributed by atoms with Crippen LogP contribution >= 0.6 is 0 Å². The largest absolute Gasteiger partial charge is 0.497 e. The maximum absolute atomic E-state index is 13.1. The summed E-state index contributed by atoms with van der Waals surface area (Å²) in [5.74, 6) is 0.164. The van der Waals surface area contributed by atoms with Gasteiger partial charge >= 0.3 is 0 Å². The van der Waals surface area contributed by atoms with E-state index in [4.69, 9.17) is 10.00 Å². The minimum Gasteiger partial charge on any atom is -0.497 e. The van der Waals surface area contributed by atoms with E-state index in [0.29, 0.717) is 22.4 Å². The summed E-state index contributed by atoms with van der Waals surface area (Å²) in [4.78, 5) is 3.76. The number of pyridine rings is 1. The van der Waals surface area contributed by atoms with E-state index < -0.39 is 5.82 Å². The zero-order chi connectivity index (χ0) is 12.3. The van der Waals surface area contributed by atoms with Gasteiger partial charge in [0.25, 0.3) is 0 Å². The second-order valence-electron chi connectivity index (χ2n) is 3.42. The number of nitrogens with zero attached hydrogens (tertiary/aromatic N) is 2. The fourth-order valence-corrected chi connectivity index (χ4v) is 1.55. The first-order valence-electron chi connectivity index (χ1n) is 4.93. The Kier molecular flexibility index (Phi) is 3.01. The van der Waals surface area contributed by atoms with E-state index in [1.807, 2.05) is 0 Å². The van der Waals surface area contributed by atoms with Crippen molar-refractivity contribution < 1.29 is 9.13 Å². The Morgan fingerprint density at radius 1 is 1.29 bits per heavy atom. The number of hydrogen-bond donors (Lipinski definition) is 0. The van der Waals surface area contributed by atoms with Crippen molar-refractivity contribution in [3.8, 4) is 22.9 Å². The molecule has 0 bridgehead atoms. The average molecular weight is 228 g/mol. The number of halogens is 1. The molecule has 0 aliphatic carbocycles. The van der Waals surface area contributed by atoms with Gasteiger partial charge in [-0.25, -0.2) is 4.39 Å². The predicted octanol–water partition coefficient (Wildman–Crippen LogP) is 2.77. The van der Waals surface area contributed by atoms with Crippen molar-refractivity contribution in [3.63, 3.8) is 0 Å². The second kappa shape index (κ2) is 4.62. The van der Waals surface area contributed by atoms with E-state index in [1.54, 1.807) is 18.2 Å². The van der Waals surface area contributed by atoms with Crippen LogP contribution in [-0.4, -0.2) is 12.1 Å². The van der Waals surface area contributed by atoms with Crippen LogP contribution in [0.15, 0.2) is 36.7 Å². The molecule has 0 amide bonds. The van der Waals surface area contributed by atoms with E-state index in [2.05, 4.69) is 11.1 Å². The van der Waals surface area contributed by atoms with Crippen molar-refractivity contribution in [1.82, 2.24) is 4.98 Å². The Labute approximate surface area is 98.1 Å². The van der Waals surface area contributed by atoms with Crippen LogP contribution in [0.3, 0.4) is 0 Å². The zero-order valence-electron chi connectivity index (χ0n) is 9.14. The highest BCUT2D eigenvalue weighted by Crippen LogP contribution is 2.26. The molecule has 3 nitrogen and oxygen atoms in total. The van der Waals surface area contributed by atoms with E-state index in [-0.39, 0.29) is 0 Å². The molecule has 1 aromatic carbocycles. The van der Waals surface area contributed by atoms with Crippen LogP contribution in [0.1, 0.15) is 5.56 Å². The number of hydrogen-bond acceptors (Lipinski definition) is 3. The molecule has 0 N–H and O–H groups in total. The molecule has 17 heavy (non-hydrogen) atoms. The minimum absolute atomic E-state index is 0.428. The molecular weight excluding hydrogens is 219 g/mol. The van der Waals surface area contributed by atoms with Gasteiger partial charge in [-0.15, -0.1) is 0 Å². The molecule has 0 aliphatic heterocycles. The lowest BCUT2D eigenvalue weighted by molar-refractivity contribution is 0.414. The van der Waals surface area contributed by atoms with Crippen molar-refractivity contribution in [1.29, 1.82) is 5.26 Å². The Hall–Kier alpha value is -2.41. The number of rotatable bonds is 2. The number of benzene rings is 1. The first kappa shape index (κ1) is 11.1. The van der Waals surface area contributed by atoms with Gasteiger partial charge in [0.15, 0.2) is 0 Å². The van der Waals surface area contributed by atoms with Gasteiger partial charge in [-0.1, -0.05) is 0 Å². The summed E-state index contributed by atoms with van der Waals surface area (Å²) in [5.41, 5.74) is 1.64. The molecule has 0 spiro atoms. The number of ether oxygens (including phenoxy) is 1. The molecule has 0 unspecified atom stereocenters. The normalized spacial score (nSPS) is 9.71. The van der Waals surface area contributed by atoms with Crippen LogP contribution in [-0.2, 0) is 0 Å². The topological polar surface area (TPSA) is 45.9 Å². The van der Waals surface area contributed by atoms with Gasteiger partial charge in [0, 0.05) is 17.3 Å². The van der Waals surface area contributed by atoms with Crippen molar-refractivity contribution in [3.05, 3.63) is 48.0 Å². The van der Waals surface area contributed by atoms with Gasteiger partial charge in [0.05, 0.1) is 24.9 Å². The third kappa shape index (κ3) is 2.23. The fourth-order valence-electron chi connectivity index (χ4n) is 1.55. The summed E-state index contributed by atoms with van der Waals surface area (Å²) in [6.45, 7) is 0. The summed E-state index contributed by atoms with van der Waals surface area (Å²) in [5, 5.41) is 9.05. The average Bonchev–Trinajstić information content (AvgIpc) is 2.38. The molecule has 0 aliphatic rings. The summed E-state index contributed by atoms with van der Waals surface area (Å²) >= 11 is 0. The highest BCUT2D eigenvalue weighted by Gasteiger charge is 2.07. The smallest absolute Gasteiger partial charge is 0.142 e. The molecule has 0 atom stereocenters. The maximum atomic E-state index is 13.1. The molecule has 2 aromatic rings. The van der Waals surface area contributed by atoms with Gasteiger partial charge in [-0.05, 0) is 24.3 Å². The quantitative estimate of drug-likeness (QED) is 0.793. The molecule has 84 valence electrons. The van der Waals surface area contributed by atoms with Crippen molar-refractivity contribution in [2.45, 2.75) is 0 Å². The summed E-state index contributed by atoms with van der Waals surface area (Å²) < 4.78 is 18.1. The lowest BCUT2D eigenvalue weighted by Crippen LogP contribution is -1.89. The molecule has 1 aromatic heterocycles. The lowest BCUT2D eigenvalue weighted by Gasteiger charge is -2.06. The molecule has 0 saturated heterocycles. The molecule has 4 heteroatoms. The Morgan fingerprint density at radius 3 is 2.76 bits per heavy atom. The first-order valence-corrected chi connectivity index (χ1v) is 4.93. The second-order valence-corrected chi connectivity index (χ2v) is 3.42. The fraction of sp³-hybridized carbons (Fsp3) is 0.0769. The highest BCUT2D eigenvalue weighted by molar-refractivity contribution is 5.70. The van der Waals surface area contributed by atoms with E-state index in [0.717, 1.165) is 6.20 Å². The predicted molar refractivity (Wildman–Crippen MR) is 60.9 cm³/mol. The Morgan fingerprint density at radius 2 is 2.12 bits per heavy atom. The van der Waals surface area contributed by atoms with E-state index >= 15 is 0 Å². The number of methoxy groups -OCH3 is 1. The standard InChI is InChI=1S/C13H9FN2O/c1-17-12-2-3-13(9(5-12)6-15)10-4-11(14)8-16-7-10/h2-5,7-8H,1H3. The SMILES string of the molecule is COc1ccc(-c2cncc(F)c2)c(C#N)c1. The molecular formula is C13H9FN2O. The van der Waals surface area contributed by atoms with Crippen LogP contribution in [0.2, 0.25) is 0 Å². The minimum atomic E-state index is -0.429. The summed E-state index contributed by atoms with van der Waals surface area (Å²) in [6, 6.07) is 8.45. The van der Waals surface area contributed by atoms with Crippen LogP contribution in [0, 0.1) is 17.1 Å². The zero-order valence-corrected chi connectivity index (χ0v) is 9.14. The van der Waals surface area contributed by atoms with Crippen LogP contribution in [0.4, 0.5) is 4.39 Å². The monoisotopic (exact) mass is 228 g/mol. The summed E-state index contributed by atoms with van der Waals surface area (Å²) in [6.07, 6.45) is 2.64. The molecule has 0 saturated carbocycles. The summed E-state index contributed by atoms with van der Waals surface area (Å²) in [7, 11) is 1.53. The number of aromatic nitrogens is 1. The molecule has 0 fully saturated rings. The Bertz CT molecular complexity index is 590. The van der Waals surface area contributed by atoms with Gasteiger partial charge in [0.1, 0.15) is 11.6 Å². The van der Waals surface area contributed by atoms with E-state index in [9.17, 15) is 4.39 Å². The number of nitriles is 1. The van der Waals surface area contributed by atoms with Crippen molar-refractivity contribution in [2.24, 2.45) is 0 Å². The van der Waals surface area contributed by atoms with Gasteiger partial charge < -0.3 is 4.74 Å². The maximum Gasteiger partial charge on any atom is 0.142 e. The van der Waals surface area contributed by atoms with Crippen molar-refractivity contribution >= 4 is 0 Å². The van der Waals surface area contributed by atoms with Crippen LogP contribution in [0.5, 0.6) is 5.75 Å². The van der Waals surface area contributed by atoms with E-state index in [1.165, 1.54) is 19.4 Å².